The van der Waals surface area contributed by atoms with Crippen molar-refractivity contribution in [1.29, 1.82) is 0 Å². The predicted octanol–water partition coefficient (Wildman–Crippen LogP) is 4.56. The number of hydrogen-bond acceptors (Lipinski definition) is 2. The number of fused-ring (bicyclic) bond motifs is 1. The molecule has 0 aliphatic heterocycles. The van der Waals surface area contributed by atoms with Gasteiger partial charge in [-0.3, -0.25) is 4.99 Å². The zero-order valence-electron chi connectivity index (χ0n) is 10.6. The molecule has 106 valence electrons. The monoisotopic (exact) mass is 306 g/mol. The van der Waals surface area contributed by atoms with Crippen LogP contribution < -0.4 is 0 Å². The van der Waals surface area contributed by atoms with Gasteiger partial charge >= 0.3 is 0 Å². The molecule has 2 aromatic carbocycles. The van der Waals surface area contributed by atoms with Crippen LogP contribution in [-0.2, 0) is 0 Å². The van der Waals surface area contributed by atoms with Gasteiger partial charge in [0, 0.05) is 22.7 Å². The molecule has 0 atom stereocenters. The number of aromatic nitrogens is 1. The lowest BCUT2D eigenvalue weighted by atomic mass is 10.2. The molecule has 0 saturated heterocycles. The average Bonchev–Trinajstić information content (AvgIpc) is 2.72. The summed E-state index contributed by atoms with van der Waals surface area (Å²) in [6, 6.07) is 8.14. The van der Waals surface area contributed by atoms with Crippen LogP contribution in [0.5, 0.6) is 5.88 Å². The summed E-state index contributed by atoms with van der Waals surface area (Å²) in [4.78, 5) is 6.70. The smallest absolute Gasteiger partial charge is 0.198 e. The van der Waals surface area contributed by atoms with Crippen LogP contribution in [0, 0.1) is 11.6 Å². The van der Waals surface area contributed by atoms with E-state index in [9.17, 15) is 13.9 Å². The number of aromatic hydroxyl groups is 1. The number of nitrogens with one attached hydrogen (secondary N) is 1. The van der Waals surface area contributed by atoms with Crippen LogP contribution in [0.2, 0.25) is 5.02 Å². The van der Waals surface area contributed by atoms with Crippen molar-refractivity contribution in [3.63, 3.8) is 0 Å². The molecule has 1 heterocycles. The SMILES string of the molecule is Oc1[nH]c2cc(Cl)ccc2c1C=Nc1ccc(F)cc1F. The van der Waals surface area contributed by atoms with E-state index in [0.717, 1.165) is 12.1 Å². The van der Waals surface area contributed by atoms with Gasteiger partial charge < -0.3 is 10.1 Å². The van der Waals surface area contributed by atoms with Crippen molar-refractivity contribution >= 4 is 34.4 Å². The fraction of sp³-hybridized carbons (Fsp3) is 0. The normalized spacial score (nSPS) is 11.6. The summed E-state index contributed by atoms with van der Waals surface area (Å²) in [6.45, 7) is 0. The van der Waals surface area contributed by atoms with Gasteiger partial charge in [-0.2, -0.15) is 0 Å². The van der Waals surface area contributed by atoms with Gasteiger partial charge in [0.15, 0.2) is 11.7 Å². The minimum absolute atomic E-state index is 0.0147. The van der Waals surface area contributed by atoms with Crippen LogP contribution in [0.1, 0.15) is 5.56 Å². The van der Waals surface area contributed by atoms with Crippen molar-refractivity contribution in [2.45, 2.75) is 0 Å². The van der Waals surface area contributed by atoms with Crippen LogP contribution in [-0.4, -0.2) is 16.3 Å². The molecule has 21 heavy (non-hydrogen) atoms. The summed E-state index contributed by atoms with van der Waals surface area (Å²) in [6.07, 6.45) is 1.32. The molecule has 6 heteroatoms. The molecular weight excluding hydrogens is 298 g/mol. The second kappa shape index (κ2) is 5.18. The standard InChI is InChI=1S/C15H9ClF2N2O/c16-8-1-3-10-11(15(21)20-14(10)5-8)7-19-13-4-2-9(17)6-12(13)18/h1-7,20-21H. The van der Waals surface area contributed by atoms with Crippen molar-refractivity contribution in [1.82, 2.24) is 4.98 Å². The molecule has 3 nitrogen and oxygen atoms in total. The molecule has 0 amide bonds. The van der Waals surface area contributed by atoms with Gasteiger partial charge in [-0.05, 0) is 24.3 Å². The minimum atomic E-state index is -0.770. The number of aromatic amines is 1. The molecule has 3 rings (SSSR count). The van der Waals surface area contributed by atoms with Gasteiger partial charge in [-0.1, -0.05) is 17.7 Å². The lowest BCUT2D eigenvalue weighted by Gasteiger charge is -1.97. The highest BCUT2D eigenvalue weighted by atomic mass is 35.5. The number of H-pyrrole nitrogens is 1. The Morgan fingerprint density at radius 2 is 1.95 bits per heavy atom. The zero-order valence-corrected chi connectivity index (χ0v) is 11.3. The Morgan fingerprint density at radius 1 is 1.14 bits per heavy atom. The van der Waals surface area contributed by atoms with Crippen molar-refractivity contribution in [2.75, 3.05) is 0 Å². The molecular formula is C15H9ClF2N2O. The van der Waals surface area contributed by atoms with Crippen LogP contribution >= 0.6 is 11.6 Å². The quantitative estimate of drug-likeness (QED) is 0.670. The maximum Gasteiger partial charge on any atom is 0.198 e. The number of nitrogens with zero attached hydrogens (tertiary/aromatic N) is 1. The Labute approximate surface area is 123 Å². The Bertz CT molecular complexity index is 858. The lowest BCUT2D eigenvalue weighted by Crippen LogP contribution is -1.82. The predicted molar refractivity (Wildman–Crippen MR) is 78.6 cm³/mol. The number of halogens is 3. The van der Waals surface area contributed by atoms with E-state index >= 15 is 0 Å². The molecule has 0 aliphatic rings. The van der Waals surface area contributed by atoms with Crippen LogP contribution in [0.4, 0.5) is 14.5 Å². The first-order valence-electron chi connectivity index (χ1n) is 6.04. The summed E-state index contributed by atoms with van der Waals surface area (Å²) in [5, 5.41) is 11.1. The summed E-state index contributed by atoms with van der Waals surface area (Å²) in [7, 11) is 0. The molecule has 2 N–H and O–H groups in total. The Balaban J connectivity index is 2.05. The highest BCUT2D eigenvalue weighted by Crippen LogP contribution is 2.28. The molecule has 0 bridgehead atoms. The van der Waals surface area contributed by atoms with Gasteiger partial charge in [0.05, 0.1) is 16.8 Å². The fourth-order valence-corrected chi connectivity index (χ4v) is 2.20. The van der Waals surface area contributed by atoms with E-state index < -0.39 is 11.6 Å². The second-order valence-corrected chi connectivity index (χ2v) is 4.87. The average molecular weight is 307 g/mol. The van der Waals surface area contributed by atoms with Crippen LogP contribution in [0.3, 0.4) is 0 Å². The van der Waals surface area contributed by atoms with Crippen LogP contribution in [0.25, 0.3) is 10.9 Å². The highest BCUT2D eigenvalue weighted by Gasteiger charge is 2.09. The maximum atomic E-state index is 13.5. The summed E-state index contributed by atoms with van der Waals surface area (Å²) < 4.78 is 26.3. The Morgan fingerprint density at radius 3 is 2.71 bits per heavy atom. The Kier molecular flexibility index (Phi) is 3.35. The van der Waals surface area contributed by atoms with Gasteiger partial charge in [0.1, 0.15) is 5.82 Å². The first-order chi connectivity index (χ1) is 10.0. The number of benzene rings is 2. The van der Waals surface area contributed by atoms with Gasteiger partial charge in [-0.15, -0.1) is 0 Å². The van der Waals surface area contributed by atoms with E-state index in [1.54, 1.807) is 18.2 Å². The van der Waals surface area contributed by atoms with E-state index in [4.69, 9.17) is 11.6 Å². The third kappa shape index (κ3) is 2.60. The largest absolute Gasteiger partial charge is 0.494 e. The molecule has 3 aromatic rings. The first kappa shape index (κ1) is 13.6. The molecule has 0 fully saturated rings. The van der Waals surface area contributed by atoms with Gasteiger partial charge in [-0.25, -0.2) is 8.78 Å². The fourth-order valence-electron chi connectivity index (χ4n) is 2.03. The van der Waals surface area contributed by atoms with E-state index in [2.05, 4.69) is 9.98 Å². The maximum absolute atomic E-state index is 13.5. The van der Waals surface area contributed by atoms with E-state index in [0.29, 0.717) is 21.5 Å². The van der Waals surface area contributed by atoms with E-state index in [-0.39, 0.29) is 11.6 Å². The summed E-state index contributed by atoms with van der Waals surface area (Å²) >= 11 is 5.87. The van der Waals surface area contributed by atoms with Gasteiger partial charge in [0.2, 0.25) is 0 Å². The molecule has 0 radical (unpaired) electrons. The summed E-state index contributed by atoms with van der Waals surface area (Å²) in [5.41, 5.74) is 1.03. The third-order valence-electron chi connectivity index (χ3n) is 3.02. The number of aliphatic imine (C=N–C) groups is 1. The number of hydrogen-bond donors (Lipinski definition) is 2. The van der Waals surface area contributed by atoms with Crippen molar-refractivity contribution in [2.24, 2.45) is 4.99 Å². The molecule has 0 unspecified atom stereocenters. The van der Waals surface area contributed by atoms with Crippen LogP contribution in [0.15, 0.2) is 41.4 Å². The van der Waals surface area contributed by atoms with Crippen molar-refractivity contribution in [3.8, 4) is 5.88 Å². The lowest BCUT2D eigenvalue weighted by molar-refractivity contribution is 0.457. The second-order valence-electron chi connectivity index (χ2n) is 4.43. The Hall–Kier alpha value is -2.40. The third-order valence-corrected chi connectivity index (χ3v) is 3.26. The number of rotatable bonds is 2. The molecule has 1 aromatic heterocycles. The van der Waals surface area contributed by atoms with E-state index in [1.807, 2.05) is 0 Å². The topological polar surface area (TPSA) is 48.4 Å². The summed E-state index contributed by atoms with van der Waals surface area (Å²) in [5.74, 6) is -1.54. The van der Waals surface area contributed by atoms with Crippen molar-refractivity contribution < 1.29 is 13.9 Å². The molecule has 0 spiro atoms. The minimum Gasteiger partial charge on any atom is -0.494 e. The highest BCUT2D eigenvalue weighted by molar-refractivity contribution is 6.31. The first-order valence-corrected chi connectivity index (χ1v) is 6.42. The van der Waals surface area contributed by atoms with Gasteiger partial charge in [0.25, 0.3) is 0 Å². The molecule has 0 saturated carbocycles. The molecule has 0 aliphatic carbocycles. The van der Waals surface area contributed by atoms with E-state index in [1.165, 1.54) is 12.3 Å². The zero-order chi connectivity index (χ0) is 15.0. The van der Waals surface area contributed by atoms with Crippen molar-refractivity contribution in [3.05, 3.63) is 58.6 Å².